The molecule has 2 aromatic heterocycles. The van der Waals surface area contributed by atoms with E-state index >= 15 is 0 Å². The van der Waals surface area contributed by atoms with E-state index in [1.54, 1.807) is 0 Å². The maximum atomic E-state index is 7.22. The highest BCUT2D eigenvalue weighted by molar-refractivity contribution is 6.06. The molecule has 2 spiro atoms. The maximum Gasteiger partial charge on any atom is 0.0987 e. The first-order valence-corrected chi connectivity index (χ1v) is 13.7. The highest BCUT2D eigenvalue weighted by atomic mass is 16.5. The van der Waals surface area contributed by atoms with Gasteiger partial charge < -0.3 is 10.1 Å². The summed E-state index contributed by atoms with van der Waals surface area (Å²) in [6.07, 6.45) is 9.21. The molecule has 6 nitrogen and oxygen atoms in total. The summed E-state index contributed by atoms with van der Waals surface area (Å²) in [5.41, 5.74) is 7.46. The lowest BCUT2D eigenvalue weighted by atomic mass is 9.60. The largest absolute Gasteiger partial charge is 0.379 e. The Balaban J connectivity index is 1.36. The molecule has 4 aliphatic rings. The first-order chi connectivity index (χ1) is 18.4. The zero-order valence-corrected chi connectivity index (χ0v) is 22.3. The second-order valence-corrected chi connectivity index (χ2v) is 12.3. The van der Waals surface area contributed by atoms with Crippen LogP contribution in [0.3, 0.4) is 0 Å². The van der Waals surface area contributed by atoms with E-state index in [1.165, 1.54) is 12.8 Å². The van der Waals surface area contributed by atoms with Gasteiger partial charge in [-0.2, -0.15) is 5.10 Å². The smallest absolute Gasteiger partial charge is 0.0987 e. The number of nitrogens with zero attached hydrogens (tertiary/aromatic N) is 3. The van der Waals surface area contributed by atoms with Gasteiger partial charge in [-0.3, -0.25) is 15.4 Å². The van der Waals surface area contributed by atoms with E-state index in [2.05, 4.69) is 79.0 Å². The summed E-state index contributed by atoms with van der Waals surface area (Å²) in [7, 11) is 0. The van der Waals surface area contributed by atoms with Crippen LogP contribution in [0.5, 0.6) is 0 Å². The van der Waals surface area contributed by atoms with Gasteiger partial charge in [-0.15, -0.1) is 0 Å². The Hall–Kier alpha value is -3.51. The van der Waals surface area contributed by atoms with E-state index in [0.717, 1.165) is 34.9 Å². The van der Waals surface area contributed by atoms with Crippen molar-refractivity contribution in [3.8, 4) is 0 Å². The number of hydrazone groups is 1. The van der Waals surface area contributed by atoms with Crippen molar-refractivity contribution in [1.82, 2.24) is 15.4 Å². The fourth-order valence-electron chi connectivity index (χ4n) is 8.18. The number of benzene rings is 1. The third-order valence-electron chi connectivity index (χ3n) is 10.4. The van der Waals surface area contributed by atoms with Crippen LogP contribution in [0.25, 0.3) is 5.70 Å². The second-order valence-electron chi connectivity index (χ2n) is 12.3. The first kappa shape index (κ1) is 23.6. The van der Waals surface area contributed by atoms with E-state index in [1.807, 2.05) is 42.7 Å². The summed E-state index contributed by atoms with van der Waals surface area (Å²) in [6, 6.07) is 22.8. The number of pyridine rings is 2. The van der Waals surface area contributed by atoms with E-state index in [0.29, 0.717) is 12.5 Å². The average Bonchev–Trinajstić information content (AvgIpc) is 3.48. The molecule has 6 heteroatoms. The van der Waals surface area contributed by atoms with Crippen molar-refractivity contribution in [2.45, 2.75) is 51.7 Å². The summed E-state index contributed by atoms with van der Waals surface area (Å²) >= 11 is 0. The number of ether oxygens (including phenoxy) is 1. The molecule has 3 fully saturated rings. The predicted octanol–water partition coefficient (Wildman–Crippen LogP) is 5.91. The topological polar surface area (TPSA) is 71.4 Å². The molecule has 194 valence electrons. The van der Waals surface area contributed by atoms with Crippen molar-refractivity contribution in [2.24, 2.45) is 27.3 Å². The Labute approximate surface area is 224 Å². The van der Waals surface area contributed by atoms with Crippen molar-refractivity contribution in [1.29, 1.82) is 0 Å². The number of aromatic nitrogens is 2. The highest BCUT2D eigenvalue weighted by Crippen LogP contribution is 2.74. The van der Waals surface area contributed by atoms with E-state index in [-0.39, 0.29) is 22.5 Å². The zero-order chi connectivity index (χ0) is 26.0. The monoisotopic (exact) mass is 505 g/mol. The number of hydrogen-bond donors (Lipinski definition) is 2. The molecule has 2 N–H and O–H groups in total. The normalized spacial score (nSPS) is 34.7. The zero-order valence-electron chi connectivity index (χ0n) is 22.3. The number of nitrogens with one attached hydrogen (secondary N) is 2. The van der Waals surface area contributed by atoms with Gasteiger partial charge >= 0.3 is 0 Å². The predicted molar refractivity (Wildman–Crippen MR) is 150 cm³/mol. The molecule has 0 unspecified atom stereocenters. The average molecular weight is 506 g/mol. The molecular formula is C32H35N5O. The van der Waals surface area contributed by atoms with E-state index in [9.17, 15) is 0 Å². The summed E-state index contributed by atoms with van der Waals surface area (Å²) in [4.78, 5) is 9.35. The summed E-state index contributed by atoms with van der Waals surface area (Å²) in [6.45, 7) is 7.95. The molecule has 0 radical (unpaired) electrons. The Kier molecular flexibility index (Phi) is 5.12. The molecule has 2 aliphatic heterocycles. The van der Waals surface area contributed by atoms with Crippen LogP contribution in [0.2, 0.25) is 0 Å². The van der Waals surface area contributed by atoms with Crippen LogP contribution in [0.15, 0.2) is 90.3 Å². The van der Waals surface area contributed by atoms with Crippen molar-refractivity contribution in [3.63, 3.8) is 0 Å². The van der Waals surface area contributed by atoms with Gasteiger partial charge in [0.25, 0.3) is 0 Å². The minimum atomic E-state index is -0.424. The molecule has 3 aromatic rings. The van der Waals surface area contributed by atoms with Crippen LogP contribution in [0.4, 0.5) is 5.69 Å². The number of para-hydroxylation sites is 1. The number of anilines is 1. The molecule has 1 aromatic carbocycles. The van der Waals surface area contributed by atoms with E-state index < -0.39 is 5.41 Å². The lowest BCUT2D eigenvalue weighted by molar-refractivity contribution is -0.109. The maximum absolute atomic E-state index is 7.22. The summed E-state index contributed by atoms with van der Waals surface area (Å²) < 4.78 is 7.22. The second kappa shape index (κ2) is 8.24. The summed E-state index contributed by atoms with van der Waals surface area (Å²) in [5.74, 6) is 0.513. The van der Waals surface area contributed by atoms with Gasteiger partial charge in [0.2, 0.25) is 0 Å². The molecule has 1 saturated heterocycles. The quantitative estimate of drug-likeness (QED) is 0.461. The van der Waals surface area contributed by atoms with Crippen molar-refractivity contribution < 1.29 is 4.74 Å². The van der Waals surface area contributed by atoms with Gasteiger partial charge in [0, 0.05) is 23.5 Å². The molecule has 4 heterocycles. The molecule has 5 atom stereocenters. The fraction of sp³-hybridized carbons (Fsp3) is 0.406. The lowest BCUT2D eigenvalue weighted by Crippen LogP contribution is -2.56. The van der Waals surface area contributed by atoms with Crippen LogP contribution in [-0.4, -0.2) is 33.9 Å². The van der Waals surface area contributed by atoms with Crippen LogP contribution >= 0.6 is 0 Å². The van der Waals surface area contributed by atoms with Gasteiger partial charge in [0.1, 0.15) is 0 Å². The number of hydrogen-bond acceptors (Lipinski definition) is 6. The van der Waals surface area contributed by atoms with Gasteiger partial charge in [0.05, 0.1) is 46.5 Å². The third kappa shape index (κ3) is 3.13. The number of rotatable bonds is 4. The first-order valence-electron chi connectivity index (χ1n) is 13.7. The Morgan fingerprint density at radius 3 is 2.32 bits per heavy atom. The molecule has 2 aliphatic carbocycles. The van der Waals surface area contributed by atoms with Gasteiger partial charge in [-0.25, -0.2) is 0 Å². The van der Waals surface area contributed by atoms with Crippen molar-refractivity contribution >= 4 is 17.1 Å². The summed E-state index contributed by atoms with van der Waals surface area (Å²) in [5, 5.41) is 8.95. The molecule has 2 saturated carbocycles. The fourth-order valence-corrected chi connectivity index (χ4v) is 8.18. The molecule has 2 bridgehead atoms. The molecule has 0 amide bonds. The third-order valence-corrected chi connectivity index (χ3v) is 10.4. The van der Waals surface area contributed by atoms with Gasteiger partial charge in [0.15, 0.2) is 0 Å². The highest BCUT2D eigenvalue weighted by Gasteiger charge is 2.77. The van der Waals surface area contributed by atoms with Crippen LogP contribution in [-0.2, 0) is 4.74 Å². The molecular weight excluding hydrogens is 470 g/mol. The minimum Gasteiger partial charge on any atom is -0.379 e. The minimum absolute atomic E-state index is 0.0136. The van der Waals surface area contributed by atoms with E-state index in [4.69, 9.17) is 14.8 Å². The number of fused-ring (bicyclic) bond motifs is 3. The lowest BCUT2D eigenvalue weighted by Gasteiger charge is -2.49. The van der Waals surface area contributed by atoms with Crippen molar-refractivity contribution in [2.75, 3.05) is 11.9 Å². The standard InChI is InChI=1S/C32H35N5O/c1-29(2)23-15-16-30(29,3)32(27(23)35-22-11-5-4-6-12-22)20-31(21-38-32)19-26(24-13-7-9-17-33-24)36-37-28(31)25-14-8-10-18-34-25/h4-14,17-19,23,27,35-36H,15-16,20-21H2,1-3H3/t23-,27-,30-,31+,32-/m0/s1. The van der Waals surface area contributed by atoms with Crippen LogP contribution < -0.4 is 10.7 Å². The Bertz CT molecular complexity index is 1410. The Morgan fingerprint density at radius 1 is 0.895 bits per heavy atom. The SMILES string of the molecule is CC1(C)[C@H]2CC[C@]1(C)[C@]1(C[C@]3(C=C(c4ccccn4)NN=C3c3ccccn3)CO1)[C@H]2Nc1ccccc1. The van der Waals surface area contributed by atoms with Crippen molar-refractivity contribution in [3.05, 3.63) is 96.6 Å². The van der Waals surface area contributed by atoms with Gasteiger partial charge in [-0.1, -0.05) is 51.1 Å². The molecule has 38 heavy (non-hydrogen) atoms. The Morgan fingerprint density at radius 2 is 1.61 bits per heavy atom. The van der Waals surface area contributed by atoms with Crippen LogP contribution in [0, 0.1) is 22.2 Å². The van der Waals surface area contributed by atoms with Gasteiger partial charge in [-0.05, 0) is 73.1 Å². The van der Waals surface area contributed by atoms with Crippen LogP contribution in [0.1, 0.15) is 51.4 Å². The molecule has 7 rings (SSSR count).